The molecule has 0 radical (unpaired) electrons. The Hall–Kier alpha value is -3.39. The quantitative estimate of drug-likeness (QED) is 0.591. The van der Waals surface area contributed by atoms with Crippen LogP contribution in [0.2, 0.25) is 0 Å². The van der Waals surface area contributed by atoms with E-state index in [-0.39, 0.29) is 5.91 Å². The average Bonchev–Trinajstić information content (AvgIpc) is 2.70. The van der Waals surface area contributed by atoms with Gasteiger partial charge in [0.1, 0.15) is 5.75 Å². The van der Waals surface area contributed by atoms with Crippen molar-refractivity contribution in [2.75, 3.05) is 11.1 Å². The van der Waals surface area contributed by atoms with Gasteiger partial charge < -0.3 is 15.8 Å². The number of aromatic nitrogens is 2. The summed E-state index contributed by atoms with van der Waals surface area (Å²) in [6, 6.07) is 13.2. The summed E-state index contributed by atoms with van der Waals surface area (Å²) < 4.78 is 5.61. The molecule has 3 aromatic rings. The molecule has 0 fully saturated rings. The number of hydrogen-bond acceptors (Lipinski definition) is 6. The lowest BCUT2D eigenvalue weighted by atomic mass is 10.2. The Morgan fingerprint density at radius 2 is 1.96 bits per heavy atom. The summed E-state index contributed by atoms with van der Waals surface area (Å²) in [5.74, 6) is 0.868. The van der Waals surface area contributed by atoms with Gasteiger partial charge in [0.15, 0.2) is 0 Å². The molecule has 0 bridgehead atoms. The number of nitrogens with one attached hydrogen (secondary N) is 1. The van der Waals surface area contributed by atoms with Gasteiger partial charge in [-0.15, -0.1) is 11.8 Å². The van der Waals surface area contributed by atoms with Crippen LogP contribution < -0.4 is 15.8 Å². The third-order valence-corrected chi connectivity index (χ3v) is 4.43. The fourth-order valence-corrected chi connectivity index (χ4v) is 2.97. The van der Waals surface area contributed by atoms with E-state index in [0.29, 0.717) is 28.4 Å². The Kier molecular flexibility index (Phi) is 6.23. The van der Waals surface area contributed by atoms with Crippen molar-refractivity contribution in [3.05, 3.63) is 72.1 Å². The predicted molar refractivity (Wildman–Crippen MR) is 108 cm³/mol. The van der Waals surface area contributed by atoms with Crippen LogP contribution >= 0.6 is 11.8 Å². The summed E-state index contributed by atoms with van der Waals surface area (Å²) in [7, 11) is 0. The Balaban J connectivity index is 1.66. The van der Waals surface area contributed by atoms with Gasteiger partial charge in [-0.2, -0.15) is 0 Å². The smallest absolute Gasteiger partial charge is 0.255 e. The number of carbonyl (C=O) groups excluding carboxylic acids is 2. The highest BCUT2D eigenvalue weighted by molar-refractivity contribution is 7.99. The number of anilines is 1. The van der Waals surface area contributed by atoms with Crippen LogP contribution in [0.3, 0.4) is 0 Å². The van der Waals surface area contributed by atoms with E-state index in [1.807, 2.05) is 6.92 Å². The van der Waals surface area contributed by atoms with Crippen LogP contribution in [-0.2, 0) is 0 Å². The summed E-state index contributed by atoms with van der Waals surface area (Å²) in [6.45, 7) is 2.03. The van der Waals surface area contributed by atoms with Gasteiger partial charge in [-0.25, -0.2) is 9.97 Å². The fourth-order valence-electron chi connectivity index (χ4n) is 2.33. The molecule has 0 saturated heterocycles. The van der Waals surface area contributed by atoms with Crippen LogP contribution in [0.4, 0.5) is 5.69 Å². The molecule has 0 unspecified atom stereocenters. The number of thioether (sulfide) groups is 1. The second-order valence-electron chi connectivity index (χ2n) is 5.65. The van der Waals surface area contributed by atoms with Gasteiger partial charge in [0, 0.05) is 23.4 Å². The van der Waals surface area contributed by atoms with E-state index < -0.39 is 5.91 Å². The molecule has 2 aromatic heterocycles. The number of hydrogen-bond donors (Lipinski definition) is 2. The third-order valence-electron chi connectivity index (χ3n) is 3.62. The monoisotopic (exact) mass is 394 g/mol. The van der Waals surface area contributed by atoms with Crippen LogP contribution in [0.15, 0.2) is 66.0 Å². The minimum absolute atomic E-state index is 0.245. The molecular formula is C20H18N4O3S. The third kappa shape index (κ3) is 5.08. The Bertz CT molecular complexity index is 993. The van der Waals surface area contributed by atoms with Gasteiger partial charge in [-0.05, 0) is 42.2 Å². The molecule has 0 spiro atoms. The highest BCUT2D eigenvalue weighted by Gasteiger charge is 2.09. The minimum atomic E-state index is -0.534. The molecular weight excluding hydrogens is 376 g/mol. The van der Waals surface area contributed by atoms with Gasteiger partial charge in [0.25, 0.3) is 5.91 Å². The van der Waals surface area contributed by atoms with Crippen LogP contribution in [0.5, 0.6) is 11.6 Å². The number of nitrogens with zero attached hydrogens (tertiary/aromatic N) is 2. The first-order chi connectivity index (χ1) is 13.5. The number of carbonyl (C=O) groups is 2. The standard InChI is InChI=1S/C20H18N4O3S/c1-2-28-18-11-14(8-9-22-18)20(26)24-15-6-7-17(23-12-15)27-16-5-3-4-13(10-16)19(21)25/h3-12H,2H2,1H3,(H2,21,25)(H,24,26). The first kappa shape index (κ1) is 19.4. The lowest BCUT2D eigenvalue weighted by Crippen LogP contribution is -2.12. The van der Waals surface area contributed by atoms with Gasteiger partial charge >= 0.3 is 0 Å². The first-order valence-corrected chi connectivity index (χ1v) is 9.47. The second kappa shape index (κ2) is 9.01. The van der Waals surface area contributed by atoms with Crippen molar-refractivity contribution in [1.29, 1.82) is 0 Å². The largest absolute Gasteiger partial charge is 0.439 e. The van der Waals surface area contributed by atoms with E-state index in [0.717, 1.165) is 10.8 Å². The number of rotatable bonds is 7. The molecule has 0 aliphatic carbocycles. The molecule has 28 heavy (non-hydrogen) atoms. The summed E-state index contributed by atoms with van der Waals surface area (Å²) in [5, 5.41) is 3.59. The lowest BCUT2D eigenvalue weighted by molar-refractivity contribution is 0.0997. The zero-order valence-electron chi connectivity index (χ0n) is 15.1. The molecule has 3 rings (SSSR count). The molecule has 0 aliphatic rings. The van der Waals surface area contributed by atoms with E-state index in [4.69, 9.17) is 10.5 Å². The van der Waals surface area contributed by atoms with E-state index in [1.54, 1.807) is 60.4 Å². The highest BCUT2D eigenvalue weighted by atomic mass is 32.2. The number of primary amides is 1. The predicted octanol–water partition coefficient (Wildman–Crippen LogP) is 3.73. The molecule has 8 heteroatoms. The van der Waals surface area contributed by atoms with Gasteiger partial charge in [-0.3, -0.25) is 9.59 Å². The SMILES string of the molecule is CCSc1cc(C(=O)Nc2ccc(Oc3cccc(C(N)=O)c3)nc2)ccn1. The van der Waals surface area contributed by atoms with Crippen molar-refractivity contribution in [2.24, 2.45) is 5.73 Å². The van der Waals surface area contributed by atoms with Crippen molar-refractivity contribution in [2.45, 2.75) is 11.9 Å². The molecule has 1 aromatic carbocycles. The van der Waals surface area contributed by atoms with E-state index in [1.165, 1.54) is 12.3 Å². The fraction of sp³-hybridized carbons (Fsp3) is 0.100. The molecule has 0 saturated carbocycles. The van der Waals surface area contributed by atoms with Gasteiger partial charge in [-0.1, -0.05) is 13.0 Å². The maximum absolute atomic E-state index is 12.4. The van der Waals surface area contributed by atoms with Crippen LogP contribution in [-0.4, -0.2) is 27.5 Å². The molecule has 2 heterocycles. The van der Waals surface area contributed by atoms with Crippen molar-refractivity contribution >= 4 is 29.3 Å². The zero-order chi connectivity index (χ0) is 19.9. The van der Waals surface area contributed by atoms with E-state index in [9.17, 15) is 9.59 Å². The van der Waals surface area contributed by atoms with Crippen molar-refractivity contribution in [3.8, 4) is 11.6 Å². The molecule has 142 valence electrons. The van der Waals surface area contributed by atoms with Gasteiger partial charge in [0.05, 0.1) is 16.9 Å². The summed E-state index contributed by atoms with van der Waals surface area (Å²) >= 11 is 1.57. The maximum Gasteiger partial charge on any atom is 0.255 e. The Morgan fingerprint density at radius 3 is 2.68 bits per heavy atom. The topological polar surface area (TPSA) is 107 Å². The Morgan fingerprint density at radius 1 is 1.11 bits per heavy atom. The minimum Gasteiger partial charge on any atom is -0.439 e. The van der Waals surface area contributed by atoms with Crippen molar-refractivity contribution < 1.29 is 14.3 Å². The zero-order valence-corrected chi connectivity index (χ0v) is 15.9. The number of benzene rings is 1. The number of pyridine rings is 2. The van der Waals surface area contributed by atoms with Gasteiger partial charge in [0.2, 0.25) is 11.8 Å². The van der Waals surface area contributed by atoms with Crippen molar-refractivity contribution in [1.82, 2.24) is 9.97 Å². The first-order valence-electron chi connectivity index (χ1n) is 8.49. The Labute approximate surface area is 166 Å². The van der Waals surface area contributed by atoms with E-state index >= 15 is 0 Å². The van der Waals surface area contributed by atoms with Crippen LogP contribution in [0.25, 0.3) is 0 Å². The number of ether oxygens (including phenoxy) is 1. The van der Waals surface area contributed by atoms with E-state index in [2.05, 4.69) is 15.3 Å². The lowest BCUT2D eigenvalue weighted by Gasteiger charge is -2.08. The normalized spacial score (nSPS) is 10.3. The molecule has 0 aliphatic heterocycles. The molecule has 7 nitrogen and oxygen atoms in total. The summed E-state index contributed by atoms with van der Waals surface area (Å²) in [4.78, 5) is 32.0. The molecule has 0 atom stereocenters. The maximum atomic E-state index is 12.4. The second-order valence-corrected chi connectivity index (χ2v) is 6.93. The average molecular weight is 394 g/mol. The molecule has 3 N–H and O–H groups in total. The molecule has 2 amide bonds. The van der Waals surface area contributed by atoms with Crippen molar-refractivity contribution in [3.63, 3.8) is 0 Å². The number of amides is 2. The summed E-state index contributed by atoms with van der Waals surface area (Å²) in [5.41, 5.74) is 6.66. The summed E-state index contributed by atoms with van der Waals surface area (Å²) in [6.07, 6.45) is 3.11. The number of nitrogens with two attached hydrogens (primary N) is 1. The van der Waals surface area contributed by atoms with Crippen LogP contribution in [0, 0.1) is 0 Å². The van der Waals surface area contributed by atoms with Crippen LogP contribution in [0.1, 0.15) is 27.6 Å². The highest BCUT2D eigenvalue weighted by Crippen LogP contribution is 2.22.